The van der Waals surface area contributed by atoms with Gasteiger partial charge in [-0.3, -0.25) is 4.79 Å². The van der Waals surface area contributed by atoms with Crippen molar-refractivity contribution in [2.24, 2.45) is 0 Å². The monoisotopic (exact) mass is 334 g/mol. The lowest BCUT2D eigenvalue weighted by Gasteiger charge is -1.99. The second-order valence-corrected chi connectivity index (χ2v) is 5.76. The van der Waals surface area contributed by atoms with Gasteiger partial charge in [0, 0.05) is 6.42 Å². The van der Waals surface area contributed by atoms with Gasteiger partial charge in [-0.1, -0.05) is 68.4 Å². The Morgan fingerprint density at radius 1 is 1.00 bits per heavy atom. The van der Waals surface area contributed by atoms with E-state index in [9.17, 15) is 9.90 Å². The molecule has 0 aliphatic carbocycles. The highest BCUT2D eigenvalue weighted by Gasteiger charge is 1.96. The summed E-state index contributed by atoms with van der Waals surface area (Å²) in [6.07, 6.45) is 24.3. The summed E-state index contributed by atoms with van der Waals surface area (Å²) in [4.78, 5) is 10.9. The first-order valence-electron chi connectivity index (χ1n) is 9.08. The highest BCUT2D eigenvalue weighted by Crippen LogP contribution is 2.02. The molecule has 0 heterocycles. The molecule has 0 amide bonds. The molecule has 1 atom stereocenters. The summed E-state index contributed by atoms with van der Waals surface area (Å²) in [6, 6.07) is 0. The highest BCUT2D eigenvalue weighted by atomic mass is 16.5. The molecule has 0 aromatic rings. The second-order valence-electron chi connectivity index (χ2n) is 5.76. The van der Waals surface area contributed by atoms with E-state index in [1.54, 1.807) is 6.08 Å². The lowest BCUT2D eigenvalue weighted by Crippen LogP contribution is -1.98. The van der Waals surface area contributed by atoms with Gasteiger partial charge in [0.2, 0.25) is 0 Å². The van der Waals surface area contributed by atoms with Crippen LogP contribution >= 0.6 is 0 Å². The van der Waals surface area contributed by atoms with Crippen molar-refractivity contribution >= 4 is 5.97 Å². The van der Waals surface area contributed by atoms with Crippen molar-refractivity contribution in [1.29, 1.82) is 0 Å². The lowest BCUT2D eigenvalue weighted by molar-refractivity contribution is -0.140. The zero-order chi connectivity index (χ0) is 17.9. The number of aliphatic hydroxyl groups is 1. The van der Waals surface area contributed by atoms with Crippen molar-refractivity contribution in [3.05, 3.63) is 48.6 Å². The topological polar surface area (TPSA) is 46.5 Å². The Balaban J connectivity index is 3.64. The van der Waals surface area contributed by atoms with E-state index < -0.39 is 6.10 Å². The number of ether oxygens (including phenoxy) is 1. The van der Waals surface area contributed by atoms with Gasteiger partial charge in [0.1, 0.15) is 0 Å². The summed E-state index contributed by atoms with van der Waals surface area (Å²) >= 11 is 0. The molecule has 0 aliphatic rings. The molecule has 0 saturated heterocycles. The summed E-state index contributed by atoms with van der Waals surface area (Å²) in [5.74, 6) is -0.169. The van der Waals surface area contributed by atoms with E-state index in [0.717, 1.165) is 19.3 Å². The van der Waals surface area contributed by atoms with Gasteiger partial charge >= 0.3 is 5.97 Å². The number of methoxy groups -OCH3 is 1. The van der Waals surface area contributed by atoms with E-state index in [2.05, 4.69) is 29.9 Å². The number of allylic oxidation sites excluding steroid dienone is 6. The second kappa shape index (κ2) is 17.7. The Bertz CT molecular complexity index is 405. The third kappa shape index (κ3) is 16.8. The molecule has 24 heavy (non-hydrogen) atoms. The Labute approximate surface area is 147 Å². The minimum atomic E-state index is -0.450. The van der Waals surface area contributed by atoms with E-state index >= 15 is 0 Å². The van der Waals surface area contributed by atoms with Crippen LogP contribution in [0.3, 0.4) is 0 Å². The maximum absolute atomic E-state index is 10.9. The first-order chi connectivity index (χ1) is 11.7. The smallest absolute Gasteiger partial charge is 0.305 e. The number of hydrogen-bond donors (Lipinski definition) is 1. The molecule has 0 saturated carbocycles. The van der Waals surface area contributed by atoms with E-state index in [1.807, 2.05) is 24.3 Å². The van der Waals surface area contributed by atoms with Gasteiger partial charge in [-0.25, -0.2) is 0 Å². The molecule has 0 aromatic carbocycles. The number of aliphatic hydroxyl groups excluding tert-OH is 1. The maximum atomic E-state index is 10.9. The number of esters is 1. The molecule has 0 spiro atoms. The number of carbonyl (C=O) groups is 1. The van der Waals surface area contributed by atoms with Crippen molar-refractivity contribution in [2.75, 3.05) is 7.11 Å². The normalized spacial score (nSPS) is 13.6. The number of unbranched alkanes of at least 4 members (excludes halogenated alkanes) is 4. The van der Waals surface area contributed by atoms with Crippen LogP contribution in [0.15, 0.2) is 48.6 Å². The van der Waals surface area contributed by atoms with Gasteiger partial charge in [0.05, 0.1) is 13.2 Å². The van der Waals surface area contributed by atoms with E-state index in [1.165, 1.54) is 32.8 Å². The molecule has 0 radical (unpaired) electrons. The first kappa shape index (κ1) is 22.4. The van der Waals surface area contributed by atoms with Crippen LogP contribution < -0.4 is 0 Å². The van der Waals surface area contributed by atoms with Crippen LogP contribution in [0.4, 0.5) is 0 Å². The highest BCUT2D eigenvalue weighted by molar-refractivity contribution is 5.69. The molecule has 0 fully saturated rings. The van der Waals surface area contributed by atoms with Crippen LogP contribution in [0.1, 0.15) is 64.7 Å². The SMILES string of the molecule is CCCCCC=CCC=CCC(O)C=CC=CCCCC(=O)OC. The maximum Gasteiger partial charge on any atom is 0.305 e. The molecule has 1 unspecified atom stereocenters. The summed E-state index contributed by atoms with van der Waals surface area (Å²) in [6.45, 7) is 2.22. The van der Waals surface area contributed by atoms with Crippen molar-refractivity contribution in [2.45, 2.75) is 70.8 Å². The number of carbonyl (C=O) groups excluding carboxylic acids is 1. The minimum Gasteiger partial charge on any atom is -0.469 e. The lowest BCUT2D eigenvalue weighted by atomic mass is 10.2. The standard InChI is InChI=1S/C21H34O3/c1-3-4-5-6-7-8-9-11-14-17-20(22)18-15-12-10-13-16-19-21(23)24-2/h7-8,10-12,14-15,18,20,22H,3-6,9,13,16-17,19H2,1-2H3. The molecule has 136 valence electrons. The fourth-order valence-corrected chi connectivity index (χ4v) is 2.05. The van der Waals surface area contributed by atoms with Crippen LogP contribution in [0, 0.1) is 0 Å². The van der Waals surface area contributed by atoms with Gasteiger partial charge in [-0.2, -0.15) is 0 Å². The van der Waals surface area contributed by atoms with Gasteiger partial charge in [0.15, 0.2) is 0 Å². The third-order valence-corrected chi connectivity index (χ3v) is 3.52. The number of rotatable bonds is 14. The third-order valence-electron chi connectivity index (χ3n) is 3.52. The zero-order valence-corrected chi connectivity index (χ0v) is 15.3. The van der Waals surface area contributed by atoms with Crippen LogP contribution in [-0.4, -0.2) is 24.3 Å². The largest absolute Gasteiger partial charge is 0.469 e. The quantitative estimate of drug-likeness (QED) is 0.203. The summed E-state index contributed by atoms with van der Waals surface area (Å²) in [7, 11) is 1.40. The van der Waals surface area contributed by atoms with Crippen LogP contribution in [0.25, 0.3) is 0 Å². The Morgan fingerprint density at radius 3 is 2.50 bits per heavy atom. The average Bonchev–Trinajstić information content (AvgIpc) is 2.59. The van der Waals surface area contributed by atoms with Crippen molar-refractivity contribution in [3.8, 4) is 0 Å². The summed E-state index contributed by atoms with van der Waals surface area (Å²) < 4.78 is 4.57. The summed E-state index contributed by atoms with van der Waals surface area (Å²) in [5, 5.41) is 9.81. The minimum absolute atomic E-state index is 0.169. The van der Waals surface area contributed by atoms with Gasteiger partial charge in [-0.15, -0.1) is 0 Å². The first-order valence-corrected chi connectivity index (χ1v) is 9.08. The molecular formula is C21H34O3. The van der Waals surface area contributed by atoms with E-state index in [-0.39, 0.29) is 5.97 Å². The van der Waals surface area contributed by atoms with Gasteiger partial charge in [-0.05, 0) is 38.5 Å². The fraction of sp³-hybridized carbons (Fsp3) is 0.571. The molecule has 0 aromatic heterocycles. The van der Waals surface area contributed by atoms with Gasteiger partial charge < -0.3 is 9.84 Å². The van der Waals surface area contributed by atoms with Crippen LogP contribution in [-0.2, 0) is 9.53 Å². The predicted molar refractivity (Wildman–Crippen MR) is 102 cm³/mol. The zero-order valence-electron chi connectivity index (χ0n) is 15.3. The van der Waals surface area contributed by atoms with Crippen molar-refractivity contribution < 1.29 is 14.6 Å². The van der Waals surface area contributed by atoms with Crippen molar-refractivity contribution in [3.63, 3.8) is 0 Å². The Hall–Kier alpha value is -1.61. The Morgan fingerprint density at radius 2 is 1.75 bits per heavy atom. The molecule has 0 rings (SSSR count). The van der Waals surface area contributed by atoms with Gasteiger partial charge in [0.25, 0.3) is 0 Å². The molecule has 1 N–H and O–H groups in total. The van der Waals surface area contributed by atoms with E-state index in [0.29, 0.717) is 12.8 Å². The van der Waals surface area contributed by atoms with Crippen LogP contribution in [0.2, 0.25) is 0 Å². The fourth-order valence-electron chi connectivity index (χ4n) is 2.05. The van der Waals surface area contributed by atoms with Crippen LogP contribution in [0.5, 0.6) is 0 Å². The molecule has 0 aliphatic heterocycles. The Kier molecular flexibility index (Phi) is 16.5. The number of hydrogen-bond acceptors (Lipinski definition) is 3. The average molecular weight is 335 g/mol. The van der Waals surface area contributed by atoms with E-state index in [4.69, 9.17) is 0 Å². The molecule has 3 nitrogen and oxygen atoms in total. The molecule has 0 bridgehead atoms. The van der Waals surface area contributed by atoms with Crippen molar-refractivity contribution in [1.82, 2.24) is 0 Å². The molecular weight excluding hydrogens is 300 g/mol. The molecule has 3 heteroatoms. The predicted octanol–water partition coefficient (Wildman–Crippen LogP) is 5.28. The summed E-state index contributed by atoms with van der Waals surface area (Å²) in [5.41, 5.74) is 0.